The summed E-state index contributed by atoms with van der Waals surface area (Å²) in [5.41, 5.74) is 9.39. The van der Waals surface area contributed by atoms with Gasteiger partial charge in [-0.3, -0.25) is 0 Å². The van der Waals surface area contributed by atoms with E-state index in [9.17, 15) is 5.11 Å². The van der Waals surface area contributed by atoms with Crippen molar-refractivity contribution < 1.29 is 14.6 Å². The van der Waals surface area contributed by atoms with Crippen molar-refractivity contribution in [3.8, 4) is 17.0 Å². The number of halogens is 1. The molecule has 4 N–H and O–H groups in total. The van der Waals surface area contributed by atoms with Crippen LogP contribution in [0, 0.1) is 0 Å². The fourth-order valence-electron chi connectivity index (χ4n) is 3.35. The largest absolute Gasteiger partial charge is 0.491 e. The predicted molar refractivity (Wildman–Crippen MR) is 127 cm³/mol. The Morgan fingerprint density at radius 1 is 1.25 bits per heavy atom. The summed E-state index contributed by atoms with van der Waals surface area (Å²) in [6.07, 6.45) is 3.74. The van der Waals surface area contributed by atoms with Crippen molar-refractivity contribution in [2.24, 2.45) is 0 Å². The van der Waals surface area contributed by atoms with Crippen LogP contribution in [0.15, 0.2) is 30.5 Å². The summed E-state index contributed by atoms with van der Waals surface area (Å²) in [7, 11) is 1.77. The number of hydrogen-bond donors (Lipinski definition) is 3. The summed E-state index contributed by atoms with van der Waals surface area (Å²) in [5.74, 6) is 1.33. The highest BCUT2D eigenvalue weighted by Gasteiger charge is 2.14. The fourth-order valence-corrected chi connectivity index (χ4v) is 3.57. The SMILES string of the molecule is C1CCOC1.CNCC(O)COc1cc(Cl)cc(-c2cc(N)n3ncc(C(C)C)c3n2)c1. The van der Waals surface area contributed by atoms with Crippen LogP contribution in [0.2, 0.25) is 5.02 Å². The van der Waals surface area contributed by atoms with Gasteiger partial charge in [0.05, 0.1) is 11.9 Å². The molecule has 0 amide bonds. The van der Waals surface area contributed by atoms with Gasteiger partial charge < -0.3 is 25.6 Å². The highest BCUT2D eigenvalue weighted by Crippen LogP contribution is 2.30. The van der Waals surface area contributed by atoms with Crippen molar-refractivity contribution in [3.05, 3.63) is 41.0 Å². The van der Waals surface area contributed by atoms with Crippen molar-refractivity contribution >= 4 is 23.1 Å². The van der Waals surface area contributed by atoms with Crippen molar-refractivity contribution in [2.75, 3.05) is 39.1 Å². The molecule has 1 saturated heterocycles. The van der Waals surface area contributed by atoms with E-state index in [0.29, 0.717) is 28.8 Å². The van der Waals surface area contributed by atoms with E-state index < -0.39 is 6.10 Å². The lowest BCUT2D eigenvalue weighted by molar-refractivity contribution is 0.108. The van der Waals surface area contributed by atoms with Crippen LogP contribution < -0.4 is 15.8 Å². The monoisotopic (exact) mass is 461 g/mol. The number of nitrogens with zero attached hydrogens (tertiary/aromatic N) is 3. The first kappa shape index (κ1) is 24.3. The lowest BCUT2D eigenvalue weighted by atomic mass is 10.1. The molecular formula is C23H32ClN5O3. The Hall–Kier alpha value is -2.39. The second kappa shape index (κ2) is 11.5. The van der Waals surface area contributed by atoms with Crippen LogP contribution in [-0.2, 0) is 4.74 Å². The minimum Gasteiger partial charge on any atom is -0.491 e. The summed E-state index contributed by atoms with van der Waals surface area (Å²) in [6.45, 7) is 6.78. The molecule has 3 heterocycles. The topological polar surface area (TPSA) is 107 Å². The third-order valence-electron chi connectivity index (χ3n) is 5.03. The fraction of sp³-hybridized carbons (Fsp3) is 0.478. The van der Waals surface area contributed by atoms with Crippen LogP contribution in [0.5, 0.6) is 5.75 Å². The van der Waals surface area contributed by atoms with Crippen molar-refractivity contribution in [3.63, 3.8) is 0 Å². The Morgan fingerprint density at radius 2 is 2.00 bits per heavy atom. The van der Waals surface area contributed by atoms with E-state index >= 15 is 0 Å². The van der Waals surface area contributed by atoms with Crippen LogP contribution in [0.3, 0.4) is 0 Å². The molecule has 0 aliphatic carbocycles. The van der Waals surface area contributed by atoms with Gasteiger partial charge in [0.25, 0.3) is 0 Å². The van der Waals surface area contributed by atoms with Crippen LogP contribution in [0.4, 0.5) is 5.82 Å². The number of benzene rings is 1. The molecule has 2 aromatic heterocycles. The number of nitrogens with two attached hydrogens (primary N) is 1. The smallest absolute Gasteiger partial charge is 0.161 e. The van der Waals surface area contributed by atoms with Gasteiger partial charge in [0.15, 0.2) is 5.65 Å². The van der Waals surface area contributed by atoms with Crippen LogP contribution in [0.25, 0.3) is 16.9 Å². The minimum atomic E-state index is -0.608. The lowest BCUT2D eigenvalue weighted by Gasteiger charge is -2.13. The van der Waals surface area contributed by atoms with Gasteiger partial charge in [-0.2, -0.15) is 9.61 Å². The van der Waals surface area contributed by atoms with E-state index in [2.05, 4.69) is 24.3 Å². The predicted octanol–water partition coefficient (Wildman–Crippen LogP) is 3.51. The molecular weight excluding hydrogens is 430 g/mol. The molecule has 4 rings (SSSR count). The molecule has 0 radical (unpaired) electrons. The molecule has 1 atom stereocenters. The first-order valence-corrected chi connectivity index (χ1v) is 11.2. The summed E-state index contributed by atoms with van der Waals surface area (Å²) in [4.78, 5) is 4.74. The van der Waals surface area contributed by atoms with Crippen molar-refractivity contribution in [2.45, 2.75) is 38.7 Å². The molecule has 32 heavy (non-hydrogen) atoms. The maximum absolute atomic E-state index is 9.82. The third-order valence-corrected chi connectivity index (χ3v) is 5.24. The number of anilines is 1. The standard InChI is InChI=1S/C19H24ClN5O2.C4H8O/c1-11(2)16-9-23-25-18(21)7-17(24-19(16)25)12-4-13(20)6-15(5-12)27-10-14(26)8-22-3;1-2-4-5-3-1/h4-7,9,11,14,22,26H,8,10,21H2,1-3H3;1-4H2. The number of nitrogen functional groups attached to an aromatic ring is 1. The molecule has 1 aliphatic heterocycles. The average Bonchev–Trinajstić information content (AvgIpc) is 3.45. The highest BCUT2D eigenvalue weighted by atomic mass is 35.5. The molecule has 1 unspecified atom stereocenters. The van der Waals surface area contributed by atoms with E-state index in [-0.39, 0.29) is 12.5 Å². The zero-order valence-electron chi connectivity index (χ0n) is 18.8. The maximum atomic E-state index is 9.82. The van der Waals surface area contributed by atoms with E-state index in [4.69, 9.17) is 31.8 Å². The van der Waals surface area contributed by atoms with Crippen LogP contribution >= 0.6 is 11.6 Å². The van der Waals surface area contributed by atoms with Gasteiger partial charge in [0, 0.05) is 42.0 Å². The average molecular weight is 462 g/mol. The number of ether oxygens (including phenoxy) is 2. The van der Waals surface area contributed by atoms with Crippen LogP contribution in [-0.4, -0.2) is 59.2 Å². The van der Waals surface area contributed by atoms with Gasteiger partial charge in [-0.25, -0.2) is 4.98 Å². The zero-order chi connectivity index (χ0) is 23.1. The summed E-state index contributed by atoms with van der Waals surface area (Å²) in [6, 6.07) is 7.11. The molecule has 1 aromatic carbocycles. The number of aliphatic hydroxyl groups excluding tert-OH is 1. The van der Waals surface area contributed by atoms with Gasteiger partial charge in [-0.1, -0.05) is 25.4 Å². The summed E-state index contributed by atoms with van der Waals surface area (Å²) >= 11 is 6.26. The molecule has 174 valence electrons. The number of rotatable bonds is 7. The Labute approximate surface area is 193 Å². The summed E-state index contributed by atoms with van der Waals surface area (Å²) in [5, 5.41) is 17.6. The summed E-state index contributed by atoms with van der Waals surface area (Å²) < 4.78 is 12.3. The number of hydrogen-bond acceptors (Lipinski definition) is 7. The number of aromatic nitrogens is 3. The van der Waals surface area contributed by atoms with Gasteiger partial charge in [0.1, 0.15) is 24.3 Å². The molecule has 1 fully saturated rings. The normalized spacial score (nSPS) is 14.4. The van der Waals surface area contributed by atoms with E-state index in [1.807, 2.05) is 12.1 Å². The van der Waals surface area contributed by atoms with Gasteiger partial charge in [-0.05, 0) is 44.0 Å². The Bertz CT molecular complexity index is 1010. The van der Waals surface area contributed by atoms with Gasteiger partial charge in [-0.15, -0.1) is 0 Å². The minimum absolute atomic E-state index is 0.162. The molecule has 0 spiro atoms. The van der Waals surface area contributed by atoms with E-state index in [1.54, 1.807) is 29.9 Å². The second-order valence-electron chi connectivity index (χ2n) is 8.07. The van der Waals surface area contributed by atoms with E-state index in [1.165, 1.54) is 12.8 Å². The molecule has 0 bridgehead atoms. The third kappa shape index (κ3) is 6.32. The van der Waals surface area contributed by atoms with Crippen molar-refractivity contribution in [1.29, 1.82) is 0 Å². The molecule has 8 nitrogen and oxygen atoms in total. The Balaban J connectivity index is 0.000000509. The van der Waals surface area contributed by atoms with Crippen molar-refractivity contribution in [1.82, 2.24) is 19.9 Å². The quantitative estimate of drug-likeness (QED) is 0.494. The van der Waals surface area contributed by atoms with Crippen LogP contribution in [0.1, 0.15) is 38.2 Å². The number of aliphatic hydroxyl groups is 1. The molecule has 0 saturated carbocycles. The lowest BCUT2D eigenvalue weighted by Crippen LogP contribution is -2.29. The zero-order valence-corrected chi connectivity index (χ0v) is 19.6. The van der Waals surface area contributed by atoms with E-state index in [0.717, 1.165) is 30.0 Å². The Morgan fingerprint density at radius 3 is 2.62 bits per heavy atom. The highest BCUT2D eigenvalue weighted by molar-refractivity contribution is 6.31. The molecule has 3 aromatic rings. The van der Waals surface area contributed by atoms with Gasteiger partial charge in [0.2, 0.25) is 0 Å². The number of likely N-dealkylation sites (N-methyl/N-ethyl adjacent to an activating group) is 1. The Kier molecular flexibility index (Phi) is 8.69. The second-order valence-corrected chi connectivity index (χ2v) is 8.51. The molecule has 9 heteroatoms. The van der Waals surface area contributed by atoms with Gasteiger partial charge >= 0.3 is 0 Å². The maximum Gasteiger partial charge on any atom is 0.161 e. The number of nitrogens with one attached hydrogen (secondary N) is 1. The first-order valence-electron chi connectivity index (χ1n) is 10.9. The molecule has 1 aliphatic rings. The first-order chi connectivity index (χ1) is 15.4. The number of fused-ring (bicyclic) bond motifs is 1.